The molecule has 1 aliphatic rings. The molecular formula is C7H9NO. The lowest BCUT2D eigenvalue weighted by atomic mass is 10.4. The number of rotatable bonds is 0. The molecule has 0 unspecified atom stereocenters. The molecule has 0 saturated heterocycles. The second kappa shape index (κ2) is 2.62. The van der Waals surface area contributed by atoms with Crippen LogP contribution in [0.25, 0.3) is 0 Å². The molecule has 2 heteroatoms. The van der Waals surface area contributed by atoms with E-state index in [1.54, 1.807) is 0 Å². The van der Waals surface area contributed by atoms with Crippen LogP contribution in [0.1, 0.15) is 11.1 Å². The van der Waals surface area contributed by atoms with Crippen molar-refractivity contribution in [2.45, 2.75) is 6.42 Å². The van der Waals surface area contributed by atoms with Gasteiger partial charge in [-0.05, 0) is 17.5 Å². The summed E-state index contributed by atoms with van der Waals surface area (Å²) in [6.07, 6.45) is 1.24. The van der Waals surface area contributed by atoms with Gasteiger partial charge in [0.1, 0.15) is 0 Å². The normalized spacial score (nSPS) is 10.9. The predicted octanol–water partition coefficient (Wildman–Crippen LogP) is 0.925. The van der Waals surface area contributed by atoms with Crippen LogP contribution in [0.5, 0.6) is 0 Å². The average Bonchev–Trinajstić information content (AvgIpc) is 2.69. The van der Waals surface area contributed by atoms with Crippen molar-refractivity contribution in [3.8, 4) is 0 Å². The highest BCUT2D eigenvalue weighted by Gasteiger charge is 2.12. The topological polar surface area (TPSA) is 46.2 Å². The van der Waals surface area contributed by atoms with Gasteiger partial charge in [-0.15, -0.1) is 0 Å². The minimum atomic E-state index is 1.24. The van der Waals surface area contributed by atoms with Gasteiger partial charge in [0.2, 0.25) is 0 Å². The summed E-state index contributed by atoms with van der Waals surface area (Å²) in [4.78, 5) is 0. The Kier molecular flexibility index (Phi) is 1.82. The van der Waals surface area contributed by atoms with Gasteiger partial charge in [0.05, 0.1) is 0 Å². The SMILES string of the molecule is NO.c1ccc2c(c1)C2. The molecule has 0 spiro atoms. The van der Waals surface area contributed by atoms with Gasteiger partial charge >= 0.3 is 0 Å². The summed E-state index contributed by atoms with van der Waals surface area (Å²) in [7, 11) is 0. The summed E-state index contributed by atoms with van der Waals surface area (Å²) in [5.41, 5.74) is 3.06. The predicted molar refractivity (Wildman–Crippen MR) is 35.2 cm³/mol. The molecule has 1 aromatic carbocycles. The minimum absolute atomic E-state index is 1.24. The summed E-state index contributed by atoms with van der Waals surface area (Å²) < 4.78 is 0. The van der Waals surface area contributed by atoms with Crippen LogP contribution in [0.3, 0.4) is 0 Å². The third kappa shape index (κ3) is 1.28. The Balaban J connectivity index is 0.000000186. The van der Waals surface area contributed by atoms with Crippen LogP contribution in [-0.2, 0) is 6.42 Å². The zero-order valence-electron chi connectivity index (χ0n) is 5.04. The van der Waals surface area contributed by atoms with E-state index in [2.05, 4.69) is 30.2 Å². The summed E-state index contributed by atoms with van der Waals surface area (Å²) in [6, 6.07) is 8.53. The van der Waals surface area contributed by atoms with Crippen molar-refractivity contribution in [3.05, 3.63) is 35.4 Å². The van der Waals surface area contributed by atoms with E-state index >= 15 is 0 Å². The fourth-order valence-electron chi connectivity index (χ4n) is 0.836. The molecule has 1 aliphatic carbocycles. The number of hydrogen-bond acceptors (Lipinski definition) is 2. The Morgan fingerprint density at radius 1 is 1.11 bits per heavy atom. The standard InChI is InChI=1S/C7H6.H3NO/c1-2-4-7-5-6(7)3-1;1-2/h1-4H,5H2;2H,1H2. The zero-order chi connectivity index (χ0) is 6.69. The maximum atomic E-state index is 6.50. The number of hydrogen-bond donors (Lipinski definition) is 2. The molecule has 0 aromatic heterocycles. The Morgan fingerprint density at radius 3 is 1.89 bits per heavy atom. The van der Waals surface area contributed by atoms with E-state index in [9.17, 15) is 0 Å². The Morgan fingerprint density at radius 2 is 1.56 bits per heavy atom. The van der Waals surface area contributed by atoms with Crippen LogP contribution in [-0.4, -0.2) is 5.21 Å². The van der Waals surface area contributed by atoms with E-state index in [1.807, 2.05) is 0 Å². The third-order valence-electron chi connectivity index (χ3n) is 1.37. The highest BCUT2D eigenvalue weighted by molar-refractivity contribution is 5.44. The van der Waals surface area contributed by atoms with Crippen molar-refractivity contribution in [2.75, 3.05) is 0 Å². The van der Waals surface area contributed by atoms with E-state index in [-0.39, 0.29) is 0 Å². The fraction of sp³-hybridized carbons (Fsp3) is 0.143. The molecule has 0 heterocycles. The third-order valence-corrected chi connectivity index (χ3v) is 1.37. The first kappa shape index (κ1) is 6.26. The summed E-state index contributed by atoms with van der Waals surface area (Å²) >= 11 is 0. The second-order valence-electron chi connectivity index (χ2n) is 1.95. The smallest absolute Gasteiger partial charge is 0.00201 e. The van der Waals surface area contributed by atoms with Crippen molar-refractivity contribution in [3.63, 3.8) is 0 Å². The number of benzene rings is 1. The van der Waals surface area contributed by atoms with Gasteiger partial charge in [0.25, 0.3) is 0 Å². The minimum Gasteiger partial charge on any atom is -0.320 e. The Bertz CT molecular complexity index is 177. The Labute approximate surface area is 53.9 Å². The molecule has 48 valence electrons. The molecule has 0 amide bonds. The van der Waals surface area contributed by atoms with Crippen molar-refractivity contribution >= 4 is 0 Å². The van der Waals surface area contributed by atoms with Gasteiger partial charge in [-0.1, -0.05) is 24.3 Å². The molecule has 0 saturated carbocycles. The van der Waals surface area contributed by atoms with Gasteiger partial charge in [-0.25, -0.2) is 5.90 Å². The van der Waals surface area contributed by atoms with Gasteiger partial charge in [-0.2, -0.15) is 0 Å². The Hall–Kier alpha value is -0.860. The van der Waals surface area contributed by atoms with E-state index < -0.39 is 0 Å². The van der Waals surface area contributed by atoms with Crippen molar-refractivity contribution in [1.29, 1.82) is 0 Å². The molecule has 9 heavy (non-hydrogen) atoms. The zero-order valence-corrected chi connectivity index (χ0v) is 5.04. The van der Waals surface area contributed by atoms with Crippen molar-refractivity contribution in [2.24, 2.45) is 5.90 Å². The first-order valence-electron chi connectivity index (χ1n) is 2.79. The van der Waals surface area contributed by atoms with Gasteiger partial charge in [0.15, 0.2) is 0 Å². The summed E-state index contributed by atoms with van der Waals surface area (Å²) in [6.45, 7) is 0. The van der Waals surface area contributed by atoms with Gasteiger partial charge in [-0.3, -0.25) is 0 Å². The number of nitrogens with two attached hydrogens (primary N) is 1. The molecule has 1 aromatic rings. The van der Waals surface area contributed by atoms with Crippen LogP contribution in [0, 0.1) is 0 Å². The lowest BCUT2D eigenvalue weighted by molar-refractivity contribution is 0.311. The first-order valence-corrected chi connectivity index (χ1v) is 2.79. The van der Waals surface area contributed by atoms with Crippen LogP contribution in [0.2, 0.25) is 0 Å². The summed E-state index contributed by atoms with van der Waals surface area (Å²) in [5, 5.41) is 6.50. The van der Waals surface area contributed by atoms with E-state index in [0.717, 1.165) is 0 Å². The van der Waals surface area contributed by atoms with E-state index in [1.165, 1.54) is 17.5 Å². The largest absolute Gasteiger partial charge is 0.320 e. The summed E-state index contributed by atoms with van der Waals surface area (Å²) in [5.74, 6) is 3.50. The van der Waals surface area contributed by atoms with Crippen LogP contribution < -0.4 is 5.90 Å². The van der Waals surface area contributed by atoms with E-state index in [4.69, 9.17) is 5.21 Å². The molecular weight excluding hydrogens is 114 g/mol. The van der Waals surface area contributed by atoms with Crippen molar-refractivity contribution < 1.29 is 5.21 Å². The number of fused-ring (bicyclic) bond motifs is 1. The molecule has 2 nitrogen and oxygen atoms in total. The first-order chi connectivity index (χ1) is 4.47. The van der Waals surface area contributed by atoms with Gasteiger partial charge in [0, 0.05) is 0 Å². The van der Waals surface area contributed by atoms with Crippen LogP contribution in [0.15, 0.2) is 24.3 Å². The molecule has 0 aliphatic heterocycles. The molecule has 0 bridgehead atoms. The van der Waals surface area contributed by atoms with Crippen molar-refractivity contribution in [1.82, 2.24) is 0 Å². The highest BCUT2D eigenvalue weighted by Crippen LogP contribution is 2.25. The molecule has 0 fully saturated rings. The fourth-order valence-corrected chi connectivity index (χ4v) is 0.836. The maximum absolute atomic E-state index is 6.50. The van der Waals surface area contributed by atoms with Gasteiger partial charge < -0.3 is 5.21 Å². The van der Waals surface area contributed by atoms with E-state index in [0.29, 0.717) is 0 Å². The monoisotopic (exact) mass is 123 g/mol. The second-order valence-corrected chi connectivity index (χ2v) is 1.95. The lowest BCUT2D eigenvalue weighted by Gasteiger charge is -1.69. The quantitative estimate of drug-likeness (QED) is 0.512. The van der Waals surface area contributed by atoms with Crippen LogP contribution in [0.4, 0.5) is 0 Å². The molecule has 2 rings (SSSR count). The lowest BCUT2D eigenvalue weighted by Crippen LogP contribution is -1.72. The maximum Gasteiger partial charge on any atom is -0.00201 e. The molecule has 0 atom stereocenters. The highest BCUT2D eigenvalue weighted by atomic mass is 16.4. The average molecular weight is 123 g/mol. The molecule has 3 N–H and O–H groups in total. The van der Waals surface area contributed by atoms with Crippen LogP contribution >= 0.6 is 0 Å². The molecule has 0 radical (unpaired) electrons.